The topological polar surface area (TPSA) is 73.0 Å². The van der Waals surface area contributed by atoms with Crippen LogP contribution in [0.3, 0.4) is 0 Å². The largest absolute Gasteiger partial charge is 0.344 e. The lowest BCUT2D eigenvalue weighted by molar-refractivity contribution is -0.139. The van der Waals surface area contributed by atoms with Crippen LogP contribution in [0.25, 0.3) is 0 Å². The SMILES string of the molecule is CC(=O)NC(C(=O)N1CCN(CC(=O)N2CCCC2)CC1)C1CCCC1. The van der Waals surface area contributed by atoms with Crippen LogP contribution < -0.4 is 5.32 Å². The molecular weight excluding hydrogens is 332 g/mol. The first-order valence-corrected chi connectivity index (χ1v) is 10.1. The number of likely N-dealkylation sites (tertiary alicyclic amines) is 1. The number of nitrogens with zero attached hydrogens (tertiary/aromatic N) is 3. The van der Waals surface area contributed by atoms with E-state index in [2.05, 4.69) is 10.2 Å². The van der Waals surface area contributed by atoms with E-state index in [-0.39, 0.29) is 29.7 Å². The Morgan fingerprint density at radius 3 is 2.08 bits per heavy atom. The highest BCUT2D eigenvalue weighted by Crippen LogP contribution is 2.29. The average molecular weight is 364 g/mol. The standard InChI is InChI=1S/C19H32N4O3/c1-15(24)20-18(16-6-2-3-7-16)19(26)23-12-10-21(11-13-23)14-17(25)22-8-4-5-9-22/h16,18H,2-14H2,1H3,(H,20,24). The quantitative estimate of drug-likeness (QED) is 0.769. The number of piperazine rings is 1. The Balaban J connectivity index is 1.49. The zero-order chi connectivity index (χ0) is 18.5. The van der Waals surface area contributed by atoms with Crippen molar-refractivity contribution < 1.29 is 14.4 Å². The molecule has 2 heterocycles. The highest BCUT2D eigenvalue weighted by atomic mass is 16.2. The highest BCUT2D eigenvalue weighted by molar-refractivity contribution is 5.87. The van der Waals surface area contributed by atoms with Crippen molar-refractivity contribution in [1.29, 1.82) is 0 Å². The molecule has 0 aromatic carbocycles. The van der Waals surface area contributed by atoms with Crippen molar-refractivity contribution >= 4 is 17.7 Å². The van der Waals surface area contributed by atoms with Gasteiger partial charge in [0, 0.05) is 46.2 Å². The molecule has 3 rings (SSSR count). The van der Waals surface area contributed by atoms with Gasteiger partial charge < -0.3 is 15.1 Å². The van der Waals surface area contributed by atoms with E-state index in [0.29, 0.717) is 19.6 Å². The number of hydrogen-bond acceptors (Lipinski definition) is 4. The van der Waals surface area contributed by atoms with Crippen molar-refractivity contribution in [2.45, 2.75) is 51.5 Å². The Morgan fingerprint density at radius 2 is 1.50 bits per heavy atom. The van der Waals surface area contributed by atoms with Crippen molar-refractivity contribution in [3.63, 3.8) is 0 Å². The van der Waals surface area contributed by atoms with Gasteiger partial charge in [0.2, 0.25) is 17.7 Å². The van der Waals surface area contributed by atoms with Gasteiger partial charge in [0.25, 0.3) is 0 Å². The maximum absolute atomic E-state index is 13.0. The van der Waals surface area contributed by atoms with Gasteiger partial charge in [0.05, 0.1) is 6.54 Å². The van der Waals surface area contributed by atoms with E-state index in [1.807, 2.05) is 9.80 Å². The molecule has 3 amide bonds. The number of hydrogen-bond donors (Lipinski definition) is 1. The summed E-state index contributed by atoms with van der Waals surface area (Å²) in [5.74, 6) is 0.397. The van der Waals surface area contributed by atoms with Crippen LogP contribution in [-0.2, 0) is 14.4 Å². The van der Waals surface area contributed by atoms with E-state index < -0.39 is 0 Å². The lowest BCUT2D eigenvalue weighted by Crippen LogP contribution is -2.57. The van der Waals surface area contributed by atoms with Crippen molar-refractivity contribution in [3.05, 3.63) is 0 Å². The fraction of sp³-hybridized carbons (Fsp3) is 0.842. The van der Waals surface area contributed by atoms with Crippen molar-refractivity contribution in [3.8, 4) is 0 Å². The second-order valence-corrected chi connectivity index (χ2v) is 7.91. The molecule has 0 aromatic rings. The highest BCUT2D eigenvalue weighted by Gasteiger charge is 2.35. The van der Waals surface area contributed by atoms with Gasteiger partial charge in [0.15, 0.2) is 0 Å². The molecule has 0 spiro atoms. The van der Waals surface area contributed by atoms with Crippen LogP contribution in [0.5, 0.6) is 0 Å². The minimum Gasteiger partial charge on any atom is -0.344 e. The van der Waals surface area contributed by atoms with Gasteiger partial charge in [-0.2, -0.15) is 0 Å². The number of carbonyl (C=O) groups is 3. The summed E-state index contributed by atoms with van der Waals surface area (Å²) in [6.07, 6.45) is 6.53. The molecule has 1 saturated carbocycles. The Kier molecular flexibility index (Phi) is 6.51. The summed E-state index contributed by atoms with van der Waals surface area (Å²) in [5, 5.41) is 2.89. The molecule has 3 aliphatic rings. The summed E-state index contributed by atoms with van der Waals surface area (Å²) in [4.78, 5) is 42.8. The zero-order valence-electron chi connectivity index (χ0n) is 15.9. The molecule has 7 heteroatoms. The Morgan fingerprint density at radius 1 is 0.885 bits per heavy atom. The normalized spacial score (nSPS) is 23.3. The van der Waals surface area contributed by atoms with E-state index in [9.17, 15) is 14.4 Å². The molecule has 1 unspecified atom stereocenters. The van der Waals surface area contributed by atoms with Crippen molar-refractivity contribution in [2.24, 2.45) is 5.92 Å². The van der Waals surface area contributed by atoms with Gasteiger partial charge in [-0.25, -0.2) is 0 Å². The summed E-state index contributed by atoms with van der Waals surface area (Å²) in [7, 11) is 0. The Hall–Kier alpha value is -1.63. The zero-order valence-corrected chi connectivity index (χ0v) is 15.9. The second kappa shape index (κ2) is 8.84. The molecule has 2 saturated heterocycles. The number of nitrogens with one attached hydrogen (secondary N) is 1. The number of carbonyl (C=O) groups excluding carboxylic acids is 3. The van der Waals surface area contributed by atoms with E-state index in [1.165, 1.54) is 6.92 Å². The third-order valence-electron chi connectivity index (χ3n) is 6.00. The van der Waals surface area contributed by atoms with Gasteiger partial charge in [-0.05, 0) is 31.6 Å². The molecule has 146 valence electrons. The molecule has 0 radical (unpaired) electrons. The molecule has 1 atom stereocenters. The minimum absolute atomic E-state index is 0.0534. The summed E-state index contributed by atoms with van der Waals surface area (Å²) >= 11 is 0. The fourth-order valence-corrected chi connectivity index (χ4v) is 4.47. The lowest BCUT2D eigenvalue weighted by atomic mass is 9.96. The molecular formula is C19H32N4O3. The summed E-state index contributed by atoms with van der Waals surface area (Å²) in [5.41, 5.74) is 0. The van der Waals surface area contributed by atoms with Gasteiger partial charge in [-0.15, -0.1) is 0 Å². The third-order valence-corrected chi connectivity index (χ3v) is 6.00. The monoisotopic (exact) mass is 364 g/mol. The molecule has 1 N–H and O–H groups in total. The molecule has 26 heavy (non-hydrogen) atoms. The predicted molar refractivity (Wildman–Crippen MR) is 98.4 cm³/mol. The van der Waals surface area contributed by atoms with Gasteiger partial charge in [-0.3, -0.25) is 19.3 Å². The molecule has 0 aromatic heterocycles. The van der Waals surface area contributed by atoms with E-state index in [0.717, 1.165) is 64.7 Å². The smallest absolute Gasteiger partial charge is 0.245 e. The van der Waals surface area contributed by atoms with Crippen molar-refractivity contribution in [2.75, 3.05) is 45.8 Å². The van der Waals surface area contributed by atoms with Gasteiger partial charge in [-0.1, -0.05) is 12.8 Å². The first-order valence-electron chi connectivity index (χ1n) is 10.1. The van der Waals surface area contributed by atoms with Crippen LogP contribution in [0.15, 0.2) is 0 Å². The van der Waals surface area contributed by atoms with Crippen LogP contribution >= 0.6 is 0 Å². The maximum Gasteiger partial charge on any atom is 0.245 e. The molecule has 1 aliphatic carbocycles. The number of rotatable bonds is 5. The molecule has 7 nitrogen and oxygen atoms in total. The van der Waals surface area contributed by atoms with Crippen LogP contribution in [0.1, 0.15) is 45.4 Å². The fourth-order valence-electron chi connectivity index (χ4n) is 4.47. The summed E-state index contributed by atoms with van der Waals surface area (Å²) in [6.45, 7) is 6.43. The third kappa shape index (κ3) is 4.75. The van der Waals surface area contributed by atoms with E-state index in [1.54, 1.807) is 0 Å². The van der Waals surface area contributed by atoms with Gasteiger partial charge >= 0.3 is 0 Å². The number of amides is 3. The summed E-state index contributed by atoms with van der Waals surface area (Å²) < 4.78 is 0. The average Bonchev–Trinajstić information content (AvgIpc) is 3.33. The van der Waals surface area contributed by atoms with Gasteiger partial charge in [0.1, 0.15) is 6.04 Å². The van der Waals surface area contributed by atoms with E-state index in [4.69, 9.17) is 0 Å². The maximum atomic E-state index is 13.0. The van der Waals surface area contributed by atoms with E-state index >= 15 is 0 Å². The first-order chi connectivity index (χ1) is 12.5. The van der Waals surface area contributed by atoms with Crippen LogP contribution in [0.2, 0.25) is 0 Å². The van der Waals surface area contributed by atoms with Crippen LogP contribution in [0, 0.1) is 5.92 Å². The molecule has 0 bridgehead atoms. The summed E-state index contributed by atoms with van der Waals surface area (Å²) in [6, 6.07) is -0.382. The van der Waals surface area contributed by atoms with Crippen molar-refractivity contribution in [1.82, 2.24) is 20.0 Å². The second-order valence-electron chi connectivity index (χ2n) is 7.91. The molecule has 3 fully saturated rings. The Bertz CT molecular complexity index is 519. The van der Waals surface area contributed by atoms with Crippen LogP contribution in [0.4, 0.5) is 0 Å². The predicted octanol–water partition coefficient (Wildman–Crippen LogP) is 0.448. The lowest BCUT2D eigenvalue weighted by Gasteiger charge is -2.37. The minimum atomic E-state index is -0.382. The van der Waals surface area contributed by atoms with Crippen LogP contribution in [-0.4, -0.2) is 84.3 Å². The molecule has 2 aliphatic heterocycles. The Labute approximate surface area is 156 Å². The first kappa shape index (κ1) is 19.1.